The van der Waals surface area contributed by atoms with Crippen molar-refractivity contribution in [1.82, 2.24) is 0 Å². The number of benzene rings is 4. The van der Waals surface area contributed by atoms with Gasteiger partial charge in [0.2, 0.25) is 0 Å². The first-order valence-corrected chi connectivity index (χ1v) is 12.3. The number of anilines is 1. The van der Waals surface area contributed by atoms with Gasteiger partial charge in [-0.2, -0.15) is 0 Å². The van der Waals surface area contributed by atoms with Crippen molar-refractivity contribution in [2.24, 2.45) is 0 Å². The van der Waals surface area contributed by atoms with Gasteiger partial charge in [0.1, 0.15) is 11.3 Å². The van der Waals surface area contributed by atoms with E-state index in [9.17, 15) is 0 Å². The lowest BCUT2D eigenvalue weighted by Gasteiger charge is -2.38. The summed E-state index contributed by atoms with van der Waals surface area (Å²) < 4.78 is 5.92. The van der Waals surface area contributed by atoms with Crippen molar-refractivity contribution in [1.29, 1.82) is 5.41 Å². The van der Waals surface area contributed by atoms with E-state index in [1.54, 1.807) is 0 Å². The zero-order valence-electron chi connectivity index (χ0n) is 21.4. The van der Waals surface area contributed by atoms with Crippen LogP contribution in [-0.4, -0.2) is 11.8 Å². The first-order valence-electron chi connectivity index (χ1n) is 12.3. The predicted octanol–water partition coefficient (Wildman–Crippen LogP) is 8.29. The molecule has 0 aromatic heterocycles. The van der Waals surface area contributed by atoms with Gasteiger partial charge in [0.25, 0.3) is 0 Å². The van der Waals surface area contributed by atoms with Crippen LogP contribution in [0.1, 0.15) is 56.9 Å². The van der Waals surface area contributed by atoms with Crippen LogP contribution in [0.4, 0.5) is 5.69 Å². The van der Waals surface area contributed by atoms with Crippen molar-refractivity contribution >= 4 is 11.4 Å². The summed E-state index contributed by atoms with van der Waals surface area (Å²) in [5.41, 5.74) is 4.91. The van der Waals surface area contributed by atoms with Gasteiger partial charge in [-0.25, -0.2) is 0 Å². The molecular formula is C32H36N2O. The molecule has 0 atom stereocenters. The Labute approximate surface area is 210 Å². The Balaban J connectivity index is 0.00000167. The van der Waals surface area contributed by atoms with Crippen LogP contribution in [0.2, 0.25) is 0 Å². The van der Waals surface area contributed by atoms with Crippen LogP contribution in [-0.2, 0) is 5.54 Å². The Morgan fingerprint density at radius 1 is 0.714 bits per heavy atom. The van der Waals surface area contributed by atoms with Gasteiger partial charge in [0.05, 0.1) is 6.10 Å². The molecule has 0 bridgehead atoms. The fourth-order valence-electron chi connectivity index (χ4n) is 4.27. The van der Waals surface area contributed by atoms with Crippen molar-refractivity contribution in [3.63, 3.8) is 0 Å². The average Bonchev–Trinajstić information content (AvgIpc) is 2.90. The molecule has 0 aliphatic rings. The molecule has 0 aliphatic heterocycles. The Morgan fingerprint density at radius 3 is 1.51 bits per heavy atom. The van der Waals surface area contributed by atoms with Crippen molar-refractivity contribution in [3.8, 4) is 5.75 Å². The maximum atomic E-state index is 8.48. The van der Waals surface area contributed by atoms with Crippen molar-refractivity contribution < 1.29 is 4.74 Å². The Hall–Kier alpha value is -3.85. The first kappa shape index (κ1) is 25.8. The normalized spacial score (nSPS) is 10.8. The SMILES string of the molecule is CC.CC(=N)c1cc(OC(C)C)ccc1NC(c1ccccc1)(c1ccccc1)c1ccccc1. The molecule has 0 amide bonds. The summed E-state index contributed by atoms with van der Waals surface area (Å²) in [6, 6.07) is 37.4. The molecule has 0 saturated carbocycles. The molecular weight excluding hydrogens is 428 g/mol. The van der Waals surface area contributed by atoms with E-state index in [0.717, 1.165) is 33.7 Å². The summed E-state index contributed by atoms with van der Waals surface area (Å²) in [6.07, 6.45) is 0.0692. The lowest BCUT2D eigenvalue weighted by atomic mass is 9.76. The largest absolute Gasteiger partial charge is 0.491 e. The molecule has 0 heterocycles. The van der Waals surface area contributed by atoms with E-state index >= 15 is 0 Å². The van der Waals surface area contributed by atoms with Gasteiger partial charge in [-0.05, 0) is 55.7 Å². The summed E-state index contributed by atoms with van der Waals surface area (Å²) >= 11 is 0. The van der Waals surface area contributed by atoms with Crippen molar-refractivity contribution in [2.45, 2.75) is 46.3 Å². The maximum absolute atomic E-state index is 8.48. The molecule has 180 valence electrons. The fraction of sp³-hybridized carbons (Fsp3) is 0.219. The Kier molecular flexibility index (Phi) is 8.86. The van der Waals surface area contributed by atoms with Crippen molar-refractivity contribution in [2.75, 3.05) is 5.32 Å². The van der Waals surface area contributed by atoms with Crippen LogP contribution in [0, 0.1) is 5.41 Å². The number of rotatable bonds is 8. The highest BCUT2D eigenvalue weighted by atomic mass is 16.5. The fourth-order valence-corrected chi connectivity index (χ4v) is 4.27. The number of ether oxygens (including phenoxy) is 1. The van der Waals surface area contributed by atoms with Crippen LogP contribution in [0.5, 0.6) is 5.75 Å². The number of nitrogens with one attached hydrogen (secondary N) is 2. The highest BCUT2D eigenvalue weighted by molar-refractivity contribution is 6.02. The molecule has 0 radical (unpaired) electrons. The van der Waals surface area contributed by atoms with Gasteiger partial charge in [-0.1, -0.05) is 105 Å². The molecule has 0 aliphatic carbocycles. The van der Waals surface area contributed by atoms with E-state index in [2.05, 4.69) is 78.1 Å². The summed E-state index contributed by atoms with van der Waals surface area (Å²) in [6.45, 7) is 9.83. The van der Waals surface area contributed by atoms with E-state index in [1.165, 1.54) is 0 Å². The molecule has 35 heavy (non-hydrogen) atoms. The van der Waals surface area contributed by atoms with Crippen LogP contribution in [0.25, 0.3) is 0 Å². The van der Waals surface area contributed by atoms with E-state index < -0.39 is 5.54 Å². The van der Waals surface area contributed by atoms with E-state index in [4.69, 9.17) is 10.1 Å². The van der Waals surface area contributed by atoms with E-state index in [0.29, 0.717) is 5.71 Å². The third kappa shape index (κ3) is 5.81. The van der Waals surface area contributed by atoms with E-state index in [-0.39, 0.29) is 6.10 Å². The van der Waals surface area contributed by atoms with Gasteiger partial charge in [0.15, 0.2) is 0 Å². The molecule has 2 N–H and O–H groups in total. The predicted molar refractivity (Wildman–Crippen MR) is 149 cm³/mol. The minimum atomic E-state index is -0.644. The van der Waals surface area contributed by atoms with Gasteiger partial charge in [0, 0.05) is 17.0 Å². The molecule has 0 unspecified atom stereocenters. The maximum Gasteiger partial charge on any atom is 0.120 e. The molecule has 4 aromatic rings. The van der Waals surface area contributed by atoms with Gasteiger partial charge in [-0.3, -0.25) is 0 Å². The molecule has 4 rings (SSSR count). The number of hydrogen-bond acceptors (Lipinski definition) is 3. The lowest BCUT2D eigenvalue weighted by Crippen LogP contribution is -2.38. The van der Waals surface area contributed by atoms with Crippen LogP contribution in [0.15, 0.2) is 109 Å². The Morgan fingerprint density at radius 2 is 1.14 bits per heavy atom. The third-order valence-electron chi connectivity index (χ3n) is 5.71. The monoisotopic (exact) mass is 464 g/mol. The highest BCUT2D eigenvalue weighted by Crippen LogP contribution is 2.41. The summed E-state index contributed by atoms with van der Waals surface area (Å²) in [5.74, 6) is 0.766. The van der Waals surface area contributed by atoms with Crippen LogP contribution in [0.3, 0.4) is 0 Å². The second kappa shape index (κ2) is 12.0. The second-order valence-corrected chi connectivity index (χ2v) is 8.47. The third-order valence-corrected chi connectivity index (χ3v) is 5.71. The second-order valence-electron chi connectivity index (χ2n) is 8.47. The summed E-state index contributed by atoms with van der Waals surface area (Å²) in [5, 5.41) is 12.4. The average molecular weight is 465 g/mol. The highest BCUT2D eigenvalue weighted by Gasteiger charge is 2.36. The Bertz CT molecular complexity index is 1110. The minimum absolute atomic E-state index is 0.0692. The lowest BCUT2D eigenvalue weighted by molar-refractivity contribution is 0.242. The zero-order chi connectivity index (χ0) is 25.3. The number of hydrogen-bond donors (Lipinski definition) is 2. The molecule has 0 spiro atoms. The topological polar surface area (TPSA) is 45.1 Å². The smallest absolute Gasteiger partial charge is 0.120 e. The zero-order valence-corrected chi connectivity index (χ0v) is 21.4. The van der Waals surface area contributed by atoms with E-state index in [1.807, 2.05) is 71.0 Å². The standard InChI is InChI=1S/C30H30N2O.C2H6/c1-22(2)33-27-19-20-29(28(21-27)23(3)31)32-30(24-13-7-4-8-14-24,25-15-9-5-10-16-25)26-17-11-6-12-18-26;1-2/h4-22,31-32H,1-3H3;1-2H3. The minimum Gasteiger partial charge on any atom is -0.491 e. The van der Waals surface area contributed by atoms with Crippen LogP contribution < -0.4 is 10.1 Å². The van der Waals surface area contributed by atoms with Crippen LogP contribution >= 0.6 is 0 Å². The summed E-state index contributed by atoms with van der Waals surface area (Å²) in [7, 11) is 0. The molecule has 0 saturated heterocycles. The molecule has 4 aromatic carbocycles. The quantitative estimate of drug-likeness (QED) is 0.203. The summed E-state index contributed by atoms with van der Waals surface area (Å²) in [4.78, 5) is 0. The first-order chi connectivity index (χ1) is 17.0. The molecule has 0 fully saturated rings. The van der Waals surface area contributed by atoms with Gasteiger partial charge in [-0.15, -0.1) is 0 Å². The molecule has 3 heteroatoms. The van der Waals surface area contributed by atoms with Crippen molar-refractivity contribution in [3.05, 3.63) is 131 Å². The van der Waals surface area contributed by atoms with Gasteiger partial charge >= 0.3 is 0 Å². The molecule has 3 nitrogen and oxygen atoms in total. The van der Waals surface area contributed by atoms with Gasteiger partial charge < -0.3 is 15.5 Å².